The predicted molar refractivity (Wildman–Crippen MR) is 74.3 cm³/mol. The SMILES string of the molecule is COc1cc(Cl)c(C(=O)NCC2CCCO2)cc1Cl. The van der Waals surface area contributed by atoms with E-state index in [0.29, 0.717) is 27.9 Å². The Labute approximate surface area is 122 Å². The average molecular weight is 304 g/mol. The normalized spacial score (nSPS) is 18.4. The van der Waals surface area contributed by atoms with Gasteiger partial charge >= 0.3 is 0 Å². The first-order valence-electron chi connectivity index (χ1n) is 6.04. The first-order valence-corrected chi connectivity index (χ1v) is 6.80. The van der Waals surface area contributed by atoms with Crippen molar-refractivity contribution in [3.8, 4) is 5.75 Å². The molecule has 1 aromatic carbocycles. The van der Waals surface area contributed by atoms with Gasteiger partial charge in [-0.1, -0.05) is 23.2 Å². The fraction of sp³-hybridized carbons (Fsp3) is 0.462. The molecule has 19 heavy (non-hydrogen) atoms. The van der Waals surface area contributed by atoms with Gasteiger partial charge in [-0.2, -0.15) is 0 Å². The van der Waals surface area contributed by atoms with Gasteiger partial charge < -0.3 is 14.8 Å². The van der Waals surface area contributed by atoms with E-state index in [1.807, 2.05) is 0 Å². The van der Waals surface area contributed by atoms with Gasteiger partial charge in [-0.05, 0) is 18.9 Å². The minimum absolute atomic E-state index is 0.0939. The first kappa shape index (κ1) is 14.4. The van der Waals surface area contributed by atoms with E-state index in [1.165, 1.54) is 19.2 Å². The third-order valence-electron chi connectivity index (χ3n) is 3.00. The molecule has 1 fully saturated rings. The van der Waals surface area contributed by atoms with Crippen LogP contribution in [0.4, 0.5) is 0 Å². The molecule has 1 aliphatic rings. The maximum absolute atomic E-state index is 12.0. The van der Waals surface area contributed by atoms with Crippen molar-refractivity contribution >= 4 is 29.1 Å². The van der Waals surface area contributed by atoms with Gasteiger partial charge in [0, 0.05) is 19.2 Å². The maximum atomic E-state index is 12.0. The van der Waals surface area contributed by atoms with Gasteiger partial charge in [-0.3, -0.25) is 4.79 Å². The minimum Gasteiger partial charge on any atom is -0.495 e. The van der Waals surface area contributed by atoms with Gasteiger partial charge in [0.2, 0.25) is 0 Å². The van der Waals surface area contributed by atoms with Gasteiger partial charge in [-0.15, -0.1) is 0 Å². The summed E-state index contributed by atoms with van der Waals surface area (Å²) in [4.78, 5) is 12.0. The van der Waals surface area contributed by atoms with E-state index in [0.717, 1.165) is 19.4 Å². The van der Waals surface area contributed by atoms with Crippen LogP contribution >= 0.6 is 23.2 Å². The molecule has 0 bridgehead atoms. The van der Waals surface area contributed by atoms with E-state index in [1.54, 1.807) is 0 Å². The van der Waals surface area contributed by atoms with Crippen LogP contribution < -0.4 is 10.1 Å². The molecule has 4 nitrogen and oxygen atoms in total. The van der Waals surface area contributed by atoms with Crippen molar-refractivity contribution in [1.82, 2.24) is 5.32 Å². The van der Waals surface area contributed by atoms with Crippen molar-refractivity contribution in [2.45, 2.75) is 18.9 Å². The Morgan fingerprint density at radius 2 is 2.26 bits per heavy atom. The molecule has 1 heterocycles. The summed E-state index contributed by atoms with van der Waals surface area (Å²) in [5.74, 6) is 0.187. The topological polar surface area (TPSA) is 47.6 Å². The van der Waals surface area contributed by atoms with Crippen LogP contribution in [0.25, 0.3) is 0 Å². The van der Waals surface area contributed by atoms with Crippen LogP contribution in [0.1, 0.15) is 23.2 Å². The monoisotopic (exact) mass is 303 g/mol. The van der Waals surface area contributed by atoms with Crippen LogP contribution in [0, 0.1) is 0 Å². The number of benzene rings is 1. The fourth-order valence-corrected chi connectivity index (χ4v) is 2.45. The zero-order valence-corrected chi connectivity index (χ0v) is 12.1. The van der Waals surface area contributed by atoms with Crippen LogP contribution in [-0.4, -0.2) is 32.3 Å². The number of nitrogens with one attached hydrogen (secondary N) is 1. The smallest absolute Gasteiger partial charge is 0.252 e. The molecular weight excluding hydrogens is 289 g/mol. The molecule has 1 aliphatic heterocycles. The first-order chi connectivity index (χ1) is 9.11. The summed E-state index contributed by atoms with van der Waals surface area (Å²) in [6, 6.07) is 3.04. The lowest BCUT2D eigenvalue weighted by molar-refractivity contribution is 0.0858. The Bertz CT molecular complexity index is 473. The molecule has 1 aromatic rings. The minimum atomic E-state index is -0.259. The molecule has 1 unspecified atom stereocenters. The molecule has 0 aliphatic carbocycles. The van der Waals surface area contributed by atoms with Crippen molar-refractivity contribution in [2.75, 3.05) is 20.3 Å². The predicted octanol–water partition coefficient (Wildman–Crippen LogP) is 2.91. The second-order valence-electron chi connectivity index (χ2n) is 4.31. The molecule has 0 radical (unpaired) electrons. The number of carbonyl (C=O) groups excluding carboxylic acids is 1. The van der Waals surface area contributed by atoms with E-state index in [4.69, 9.17) is 32.7 Å². The molecular formula is C13H15Cl2NO3. The average Bonchev–Trinajstić information content (AvgIpc) is 2.91. The number of methoxy groups -OCH3 is 1. The third kappa shape index (κ3) is 3.53. The number of halogens is 2. The van der Waals surface area contributed by atoms with E-state index >= 15 is 0 Å². The Balaban J connectivity index is 2.03. The molecule has 104 valence electrons. The Hall–Kier alpha value is -0.970. The molecule has 1 amide bonds. The summed E-state index contributed by atoms with van der Waals surface area (Å²) >= 11 is 12.0. The van der Waals surface area contributed by atoms with Crippen LogP contribution in [0.5, 0.6) is 5.75 Å². The van der Waals surface area contributed by atoms with E-state index in [9.17, 15) is 4.79 Å². The largest absolute Gasteiger partial charge is 0.495 e. The van der Waals surface area contributed by atoms with Crippen LogP contribution in [-0.2, 0) is 4.74 Å². The van der Waals surface area contributed by atoms with Gasteiger partial charge in [0.05, 0.1) is 28.8 Å². The number of hydrogen-bond donors (Lipinski definition) is 1. The van der Waals surface area contributed by atoms with Crippen molar-refractivity contribution in [2.24, 2.45) is 0 Å². The lowest BCUT2D eigenvalue weighted by atomic mass is 10.2. The summed E-state index contributed by atoms with van der Waals surface area (Å²) in [6.45, 7) is 1.24. The molecule has 0 spiro atoms. The Morgan fingerprint density at radius 3 is 2.89 bits per heavy atom. The van der Waals surface area contributed by atoms with Gasteiger partial charge in [0.1, 0.15) is 5.75 Å². The number of carbonyl (C=O) groups is 1. The van der Waals surface area contributed by atoms with E-state index in [-0.39, 0.29) is 12.0 Å². The molecule has 1 atom stereocenters. The zero-order valence-electron chi connectivity index (χ0n) is 10.5. The molecule has 0 saturated carbocycles. The second kappa shape index (κ2) is 6.46. The lowest BCUT2D eigenvalue weighted by Gasteiger charge is -2.12. The maximum Gasteiger partial charge on any atom is 0.252 e. The van der Waals surface area contributed by atoms with E-state index in [2.05, 4.69) is 5.32 Å². The highest BCUT2D eigenvalue weighted by Crippen LogP contribution is 2.30. The fourth-order valence-electron chi connectivity index (χ4n) is 1.97. The number of hydrogen-bond acceptors (Lipinski definition) is 3. The molecule has 1 N–H and O–H groups in total. The van der Waals surface area contributed by atoms with Gasteiger partial charge in [-0.25, -0.2) is 0 Å². The summed E-state index contributed by atoms with van der Waals surface area (Å²) < 4.78 is 10.5. The highest BCUT2D eigenvalue weighted by molar-refractivity contribution is 6.36. The summed E-state index contributed by atoms with van der Waals surface area (Å²) in [7, 11) is 1.49. The summed E-state index contributed by atoms with van der Waals surface area (Å²) in [5, 5.41) is 3.47. The summed E-state index contributed by atoms with van der Waals surface area (Å²) in [5.41, 5.74) is 0.338. The zero-order chi connectivity index (χ0) is 13.8. The van der Waals surface area contributed by atoms with Crippen molar-refractivity contribution in [3.05, 3.63) is 27.7 Å². The molecule has 6 heteroatoms. The standard InChI is InChI=1S/C13H15Cl2NO3/c1-18-12-6-10(14)9(5-11(12)15)13(17)16-7-8-3-2-4-19-8/h5-6,8H,2-4,7H2,1H3,(H,16,17). The number of amides is 1. The number of ether oxygens (including phenoxy) is 2. The van der Waals surface area contributed by atoms with E-state index < -0.39 is 0 Å². The van der Waals surface area contributed by atoms with Crippen LogP contribution in [0.2, 0.25) is 10.0 Å². The third-order valence-corrected chi connectivity index (χ3v) is 3.61. The molecule has 2 rings (SSSR count). The van der Waals surface area contributed by atoms with Crippen LogP contribution in [0.3, 0.4) is 0 Å². The highest BCUT2D eigenvalue weighted by Gasteiger charge is 2.18. The van der Waals surface area contributed by atoms with Crippen molar-refractivity contribution in [1.29, 1.82) is 0 Å². The highest BCUT2D eigenvalue weighted by atomic mass is 35.5. The Kier molecular flexibility index (Phi) is 4.91. The van der Waals surface area contributed by atoms with Gasteiger partial charge in [0.25, 0.3) is 5.91 Å². The van der Waals surface area contributed by atoms with Crippen molar-refractivity contribution < 1.29 is 14.3 Å². The molecule has 1 saturated heterocycles. The van der Waals surface area contributed by atoms with Gasteiger partial charge in [0.15, 0.2) is 0 Å². The molecule has 0 aromatic heterocycles. The van der Waals surface area contributed by atoms with Crippen molar-refractivity contribution in [3.63, 3.8) is 0 Å². The Morgan fingerprint density at radius 1 is 1.47 bits per heavy atom. The summed E-state index contributed by atoms with van der Waals surface area (Å²) in [6.07, 6.45) is 2.10. The van der Waals surface area contributed by atoms with Crippen LogP contribution in [0.15, 0.2) is 12.1 Å². The quantitative estimate of drug-likeness (QED) is 0.930. The second-order valence-corrected chi connectivity index (χ2v) is 5.13. The lowest BCUT2D eigenvalue weighted by Crippen LogP contribution is -2.31. The number of rotatable bonds is 4.